The predicted octanol–water partition coefficient (Wildman–Crippen LogP) is 0.572. The van der Waals surface area contributed by atoms with Gasteiger partial charge in [-0.15, -0.1) is 0 Å². The lowest BCUT2D eigenvalue weighted by molar-refractivity contribution is 0.122. The minimum atomic E-state index is 0.101. The van der Waals surface area contributed by atoms with Gasteiger partial charge in [0.25, 0.3) is 0 Å². The zero-order valence-electron chi connectivity index (χ0n) is 8.62. The van der Waals surface area contributed by atoms with Crippen LogP contribution in [0.3, 0.4) is 0 Å². The SMILES string of the molecule is Cc1nc(N2CCOCC2)sc1C(=N)N. The van der Waals surface area contributed by atoms with Crippen molar-refractivity contribution in [1.82, 2.24) is 4.98 Å². The van der Waals surface area contributed by atoms with E-state index in [1.165, 1.54) is 11.3 Å². The topological polar surface area (TPSA) is 75.2 Å². The molecule has 0 spiro atoms. The highest BCUT2D eigenvalue weighted by Gasteiger charge is 2.17. The third-order valence-electron chi connectivity index (χ3n) is 2.31. The van der Waals surface area contributed by atoms with E-state index in [-0.39, 0.29) is 5.84 Å². The number of nitrogens with one attached hydrogen (secondary N) is 1. The second-order valence-electron chi connectivity index (χ2n) is 3.42. The lowest BCUT2D eigenvalue weighted by Gasteiger charge is -2.25. The highest BCUT2D eigenvalue weighted by Crippen LogP contribution is 2.26. The Balaban J connectivity index is 2.21. The van der Waals surface area contributed by atoms with Gasteiger partial charge in [0.05, 0.1) is 23.8 Å². The summed E-state index contributed by atoms with van der Waals surface area (Å²) in [5, 5.41) is 8.35. The van der Waals surface area contributed by atoms with E-state index in [0.29, 0.717) is 0 Å². The minimum absolute atomic E-state index is 0.101. The van der Waals surface area contributed by atoms with Gasteiger partial charge in [-0.1, -0.05) is 11.3 Å². The third kappa shape index (κ3) is 2.10. The van der Waals surface area contributed by atoms with Gasteiger partial charge in [0.2, 0.25) is 0 Å². The number of amidine groups is 1. The van der Waals surface area contributed by atoms with Crippen LogP contribution in [0, 0.1) is 12.3 Å². The van der Waals surface area contributed by atoms with Gasteiger partial charge < -0.3 is 15.4 Å². The van der Waals surface area contributed by atoms with Gasteiger partial charge in [0, 0.05) is 13.1 Å². The van der Waals surface area contributed by atoms with E-state index in [1.54, 1.807) is 0 Å². The van der Waals surface area contributed by atoms with Crippen molar-refractivity contribution in [2.75, 3.05) is 31.2 Å². The number of nitrogens with zero attached hydrogens (tertiary/aromatic N) is 2. The van der Waals surface area contributed by atoms with Crippen LogP contribution in [0.4, 0.5) is 5.13 Å². The first-order chi connectivity index (χ1) is 7.18. The van der Waals surface area contributed by atoms with Crippen LogP contribution in [-0.4, -0.2) is 37.1 Å². The van der Waals surface area contributed by atoms with Crippen LogP contribution in [0.15, 0.2) is 0 Å². The maximum absolute atomic E-state index is 7.41. The summed E-state index contributed by atoms with van der Waals surface area (Å²) in [5.74, 6) is 0.101. The van der Waals surface area contributed by atoms with Crippen LogP contribution in [0.25, 0.3) is 0 Å². The number of rotatable bonds is 2. The van der Waals surface area contributed by atoms with E-state index in [9.17, 15) is 0 Å². The summed E-state index contributed by atoms with van der Waals surface area (Å²) in [6, 6.07) is 0. The summed E-state index contributed by atoms with van der Waals surface area (Å²) in [4.78, 5) is 7.37. The lowest BCUT2D eigenvalue weighted by atomic mass is 10.4. The largest absolute Gasteiger partial charge is 0.383 e. The van der Waals surface area contributed by atoms with Crippen molar-refractivity contribution < 1.29 is 4.74 Å². The van der Waals surface area contributed by atoms with Crippen LogP contribution < -0.4 is 10.6 Å². The first-order valence-corrected chi connectivity index (χ1v) is 5.64. The first-order valence-electron chi connectivity index (χ1n) is 4.83. The number of morpholine rings is 1. The van der Waals surface area contributed by atoms with Crippen LogP contribution in [0.5, 0.6) is 0 Å². The third-order valence-corrected chi connectivity index (χ3v) is 3.56. The average molecular weight is 226 g/mol. The Hall–Kier alpha value is -1.14. The van der Waals surface area contributed by atoms with Crippen molar-refractivity contribution in [2.45, 2.75) is 6.92 Å². The Morgan fingerprint density at radius 3 is 2.73 bits per heavy atom. The second kappa shape index (κ2) is 4.16. The maximum atomic E-state index is 7.41. The van der Waals surface area contributed by atoms with Gasteiger partial charge >= 0.3 is 0 Å². The fraction of sp³-hybridized carbons (Fsp3) is 0.556. The molecule has 3 N–H and O–H groups in total. The summed E-state index contributed by atoms with van der Waals surface area (Å²) in [6.45, 7) is 5.11. The zero-order chi connectivity index (χ0) is 10.8. The normalized spacial score (nSPS) is 16.7. The fourth-order valence-electron chi connectivity index (χ4n) is 1.52. The number of nitrogens with two attached hydrogens (primary N) is 1. The molecule has 0 amide bonds. The van der Waals surface area contributed by atoms with Crippen molar-refractivity contribution >= 4 is 22.3 Å². The minimum Gasteiger partial charge on any atom is -0.383 e. The summed E-state index contributed by atoms with van der Waals surface area (Å²) >= 11 is 1.48. The summed E-state index contributed by atoms with van der Waals surface area (Å²) in [5.41, 5.74) is 6.31. The van der Waals surface area contributed by atoms with Crippen molar-refractivity contribution in [3.8, 4) is 0 Å². The number of thiazole rings is 1. The number of ether oxygens (including phenoxy) is 1. The molecule has 82 valence electrons. The molecule has 0 bridgehead atoms. The smallest absolute Gasteiger partial charge is 0.186 e. The molecule has 15 heavy (non-hydrogen) atoms. The second-order valence-corrected chi connectivity index (χ2v) is 4.40. The van der Waals surface area contributed by atoms with Gasteiger partial charge in [-0.3, -0.25) is 5.41 Å². The molecule has 5 nitrogen and oxygen atoms in total. The van der Waals surface area contributed by atoms with Crippen molar-refractivity contribution in [1.29, 1.82) is 5.41 Å². The quantitative estimate of drug-likeness (QED) is 0.571. The molecular formula is C9H14N4OS. The Morgan fingerprint density at radius 2 is 2.20 bits per heavy atom. The summed E-state index contributed by atoms with van der Waals surface area (Å²) in [6.07, 6.45) is 0. The lowest BCUT2D eigenvalue weighted by Crippen LogP contribution is -2.36. The number of hydrogen-bond donors (Lipinski definition) is 2. The van der Waals surface area contributed by atoms with E-state index in [1.807, 2.05) is 6.92 Å². The van der Waals surface area contributed by atoms with Crippen molar-refractivity contribution in [3.63, 3.8) is 0 Å². The molecule has 6 heteroatoms. The Bertz CT molecular complexity index is 370. The molecule has 1 aromatic rings. The Kier molecular flexibility index (Phi) is 2.88. The van der Waals surface area contributed by atoms with Gasteiger partial charge in [-0.2, -0.15) is 0 Å². The zero-order valence-corrected chi connectivity index (χ0v) is 9.43. The number of anilines is 1. The molecular weight excluding hydrogens is 212 g/mol. The van der Waals surface area contributed by atoms with Gasteiger partial charge in [0.15, 0.2) is 5.13 Å². The van der Waals surface area contributed by atoms with E-state index in [2.05, 4.69) is 9.88 Å². The predicted molar refractivity (Wildman–Crippen MR) is 60.9 cm³/mol. The molecule has 0 aromatic carbocycles. The highest BCUT2D eigenvalue weighted by molar-refractivity contribution is 7.17. The molecule has 1 aliphatic heterocycles. The molecule has 1 fully saturated rings. The fourth-order valence-corrected chi connectivity index (χ4v) is 2.50. The number of nitrogen functional groups attached to an aromatic ring is 1. The molecule has 1 saturated heterocycles. The Labute approximate surface area is 92.4 Å². The molecule has 2 heterocycles. The van der Waals surface area contributed by atoms with Crippen LogP contribution in [-0.2, 0) is 4.74 Å². The summed E-state index contributed by atoms with van der Waals surface area (Å²) < 4.78 is 5.27. The average Bonchev–Trinajstić information content (AvgIpc) is 2.62. The maximum Gasteiger partial charge on any atom is 0.186 e. The van der Waals surface area contributed by atoms with E-state index >= 15 is 0 Å². The molecule has 0 aliphatic carbocycles. The number of hydrogen-bond acceptors (Lipinski definition) is 5. The highest BCUT2D eigenvalue weighted by atomic mass is 32.1. The number of aryl methyl sites for hydroxylation is 1. The van der Waals surface area contributed by atoms with Crippen LogP contribution in [0.2, 0.25) is 0 Å². The van der Waals surface area contributed by atoms with Gasteiger partial charge in [-0.05, 0) is 6.92 Å². The molecule has 1 aliphatic rings. The monoisotopic (exact) mass is 226 g/mol. The first kappa shape index (κ1) is 10.4. The van der Waals surface area contributed by atoms with Gasteiger partial charge in [-0.25, -0.2) is 4.98 Å². The van der Waals surface area contributed by atoms with E-state index < -0.39 is 0 Å². The van der Waals surface area contributed by atoms with Crippen molar-refractivity contribution in [2.24, 2.45) is 5.73 Å². The molecule has 1 aromatic heterocycles. The molecule has 0 radical (unpaired) electrons. The standard InChI is InChI=1S/C9H14N4OS/c1-6-7(8(10)11)15-9(12-6)13-2-4-14-5-3-13/h2-5H2,1H3,(H3,10,11). The Morgan fingerprint density at radius 1 is 1.53 bits per heavy atom. The molecule has 2 rings (SSSR count). The van der Waals surface area contributed by atoms with Gasteiger partial charge in [0.1, 0.15) is 5.84 Å². The number of aromatic nitrogens is 1. The van der Waals surface area contributed by atoms with E-state index in [0.717, 1.165) is 42.0 Å². The molecule has 0 atom stereocenters. The van der Waals surface area contributed by atoms with Crippen LogP contribution >= 0.6 is 11.3 Å². The molecule has 0 unspecified atom stereocenters. The van der Waals surface area contributed by atoms with Crippen molar-refractivity contribution in [3.05, 3.63) is 10.6 Å². The van der Waals surface area contributed by atoms with E-state index in [4.69, 9.17) is 15.9 Å². The molecule has 0 saturated carbocycles. The van der Waals surface area contributed by atoms with Crippen LogP contribution in [0.1, 0.15) is 10.6 Å². The summed E-state index contributed by atoms with van der Waals surface area (Å²) in [7, 11) is 0.